The van der Waals surface area contributed by atoms with Gasteiger partial charge in [-0.2, -0.15) is 4.98 Å². The van der Waals surface area contributed by atoms with Crippen LogP contribution in [-0.4, -0.2) is 42.6 Å². The van der Waals surface area contributed by atoms with Gasteiger partial charge in [0.15, 0.2) is 0 Å². The molecule has 1 unspecified atom stereocenters. The fraction of sp³-hybridized carbons (Fsp3) is 0.615. The van der Waals surface area contributed by atoms with E-state index in [1.165, 1.54) is 0 Å². The lowest BCUT2D eigenvalue weighted by molar-refractivity contribution is -0.119. The third-order valence-electron chi connectivity index (χ3n) is 3.27. The fourth-order valence-electron chi connectivity index (χ4n) is 2.30. The Hall–Kier alpha value is -1.85. The summed E-state index contributed by atoms with van der Waals surface area (Å²) in [5.74, 6) is 1.75. The molecule has 1 aliphatic heterocycles. The smallest absolute Gasteiger partial charge is 0.228 e. The highest BCUT2D eigenvalue weighted by Gasteiger charge is 2.22. The van der Waals surface area contributed by atoms with Gasteiger partial charge >= 0.3 is 0 Å². The molecule has 0 spiro atoms. The van der Waals surface area contributed by atoms with Gasteiger partial charge in [0, 0.05) is 38.8 Å². The van der Waals surface area contributed by atoms with Crippen LogP contribution in [0.25, 0.3) is 0 Å². The Kier molecular flexibility index (Phi) is 4.54. The minimum Gasteiger partial charge on any atom is -0.481 e. The Bertz CT molecular complexity index is 438. The second kappa shape index (κ2) is 6.36. The zero-order valence-electron chi connectivity index (χ0n) is 11.4. The van der Waals surface area contributed by atoms with Crippen LogP contribution in [0.5, 0.6) is 5.88 Å². The van der Waals surface area contributed by atoms with Gasteiger partial charge in [-0.1, -0.05) is 0 Å². The van der Waals surface area contributed by atoms with Gasteiger partial charge in [0.05, 0.1) is 7.11 Å². The van der Waals surface area contributed by atoms with E-state index in [-0.39, 0.29) is 5.91 Å². The highest BCUT2D eigenvalue weighted by Crippen LogP contribution is 2.21. The molecule has 6 nitrogen and oxygen atoms in total. The van der Waals surface area contributed by atoms with Crippen LogP contribution in [-0.2, 0) is 4.79 Å². The summed E-state index contributed by atoms with van der Waals surface area (Å²) in [5.41, 5.74) is 0. The van der Waals surface area contributed by atoms with Crippen molar-refractivity contribution in [1.82, 2.24) is 15.3 Å². The summed E-state index contributed by atoms with van der Waals surface area (Å²) in [6.07, 6.45) is 3.92. The van der Waals surface area contributed by atoms with Crippen molar-refractivity contribution in [2.75, 3.05) is 31.6 Å². The molecule has 104 valence electrons. The number of amides is 1. The second-order valence-electron chi connectivity index (χ2n) is 4.79. The van der Waals surface area contributed by atoms with Gasteiger partial charge in [-0.3, -0.25) is 4.79 Å². The van der Waals surface area contributed by atoms with Crippen molar-refractivity contribution in [2.45, 2.75) is 19.8 Å². The van der Waals surface area contributed by atoms with Crippen molar-refractivity contribution >= 4 is 11.9 Å². The van der Waals surface area contributed by atoms with Crippen LogP contribution >= 0.6 is 0 Å². The number of rotatable bonds is 4. The minimum absolute atomic E-state index is 0.0229. The van der Waals surface area contributed by atoms with E-state index in [0.29, 0.717) is 17.7 Å². The van der Waals surface area contributed by atoms with Gasteiger partial charge in [-0.25, -0.2) is 4.98 Å². The summed E-state index contributed by atoms with van der Waals surface area (Å²) >= 11 is 0. The molecule has 1 aromatic heterocycles. The molecule has 0 aliphatic carbocycles. The summed E-state index contributed by atoms with van der Waals surface area (Å²) in [6.45, 7) is 4.08. The van der Waals surface area contributed by atoms with Crippen LogP contribution < -0.4 is 15.0 Å². The molecule has 1 saturated heterocycles. The zero-order valence-corrected chi connectivity index (χ0v) is 11.4. The minimum atomic E-state index is 0.0229. The van der Waals surface area contributed by atoms with Crippen LogP contribution in [0, 0.1) is 5.92 Å². The first kappa shape index (κ1) is 13.6. The molecule has 1 fully saturated rings. The maximum absolute atomic E-state index is 11.0. The maximum atomic E-state index is 11.0. The summed E-state index contributed by atoms with van der Waals surface area (Å²) in [6, 6.07) is 1.74. The molecule has 0 bridgehead atoms. The summed E-state index contributed by atoms with van der Waals surface area (Å²) in [4.78, 5) is 21.7. The number of hydrogen-bond donors (Lipinski definition) is 1. The average molecular weight is 264 g/mol. The lowest BCUT2D eigenvalue weighted by atomic mass is 9.98. The highest BCUT2D eigenvalue weighted by atomic mass is 16.5. The van der Waals surface area contributed by atoms with Crippen LogP contribution in [0.15, 0.2) is 12.3 Å². The van der Waals surface area contributed by atoms with E-state index >= 15 is 0 Å². The van der Waals surface area contributed by atoms with Gasteiger partial charge in [0.1, 0.15) is 0 Å². The molecule has 0 saturated carbocycles. The number of nitrogens with one attached hydrogen (secondary N) is 1. The zero-order chi connectivity index (χ0) is 13.7. The topological polar surface area (TPSA) is 67.3 Å². The molecule has 0 radical (unpaired) electrons. The van der Waals surface area contributed by atoms with Crippen molar-refractivity contribution in [3.8, 4) is 5.88 Å². The van der Waals surface area contributed by atoms with Gasteiger partial charge in [0.25, 0.3) is 0 Å². The SMILES string of the molecule is COc1ccnc(N2CCCC(CNC(C)=O)C2)n1. The van der Waals surface area contributed by atoms with Crippen LogP contribution in [0.2, 0.25) is 0 Å². The van der Waals surface area contributed by atoms with Crippen LogP contribution in [0.1, 0.15) is 19.8 Å². The lowest BCUT2D eigenvalue weighted by Gasteiger charge is -2.32. The Morgan fingerprint density at radius 1 is 1.63 bits per heavy atom. The molecule has 1 amide bonds. The number of anilines is 1. The van der Waals surface area contributed by atoms with Crippen molar-refractivity contribution in [3.63, 3.8) is 0 Å². The monoisotopic (exact) mass is 264 g/mol. The predicted molar refractivity (Wildman–Crippen MR) is 72.2 cm³/mol. The van der Waals surface area contributed by atoms with Gasteiger partial charge in [-0.15, -0.1) is 0 Å². The Balaban J connectivity index is 1.97. The average Bonchev–Trinajstić information content (AvgIpc) is 2.45. The van der Waals surface area contributed by atoms with Crippen molar-refractivity contribution in [1.29, 1.82) is 0 Å². The normalized spacial score (nSPS) is 19.1. The third kappa shape index (κ3) is 3.81. The van der Waals surface area contributed by atoms with Gasteiger partial charge in [-0.05, 0) is 18.8 Å². The number of aromatic nitrogens is 2. The molecule has 1 N–H and O–H groups in total. The lowest BCUT2D eigenvalue weighted by Crippen LogP contribution is -2.41. The number of piperidine rings is 1. The Morgan fingerprint density at radius 3 is 3.21 bits per heavy atom. The van der Waals surface area contributed by atoms with E-state index in [4.69, 9.17) is 4.74 Å². The predicted octanol–water partition coefficient (Wildman–Crippen LogP) is 0.838. The third-order valence-corrected chi connectivity index (χ3v) is 3.27. The molecule has 1 aromatic rings. The molecule has 2 rings (SSSR count). The molecular weight excluding hydrogens is 244 g/mol. The summed E-state index contributed by atoms with van der Waals surface area (Å²) in [7, 11) is 1.60. The maximum Gasteiger partial charge on any atom is 0.228 e. The Labute approximate surface area is 113 Å². The van der Waals surface area contributed by atoms with Crippen molar-refractivity contribution in [3.05, 3.63) is 12.3 Å². The molecule has 2 heterocycles. The first-order valence-electron chi connectivity index (χ1n) is 6.55. The van der Waals surface area contributed by atoms with Crippen LogP contribution in [0.4, 0.5) is 5.95 Å². The van der Waals surface area contributed by atoms with Crippen molar-refractivity contribution in [2.24, 2.45) is 5.92 Å². The van der Waals surface area contributed by atoms with E-state index in [1.807, 2.05) is 0 Å². The molecule has 1 atom stereocenters. The number of ether oxygens (including phenoxy) is 1. The number of hydrogen-bond acceptors (Lipinski definition) is 5. The Morgan fingerprint density at radius 2 is 2.47 bits per heavy atom. The molecule has 19 heavy (non-hydrogen) atoms. The van der Waals surface area contributed by atoms with E-state index in [0.717, 1.165) is 32.5 Å². The second-order valence-corrected chi connectivity index (χ2v) is 4.79. The van der Waals surface area contributed by atoms with E-state index in [1.54, 1.807) is 26.3 Å². The summed E-state index contributed by atoms with van der Waals surface area (Å²) in [5, 5.41) is 2.88. The van der Waals surface area contributed by atoms with E-state index < -0.39 is 0 Å². The quantitative estimate of drug-likeness (QED) is 0.872. The number of carbonyl (C=O) groups excluding carboxylic acids is 1. The summed E-state index contributed by atoms with van der Waals surface area (Å²) < 4.78 is 5.12. The van der Waals surface area contributed by atoms with Crippen LogP contribution in [0.3, 0.4) is 0 Å². The first-order chi connectivity index (χ1) is 9.19. The molecule has 0 aromatic carbocycles. The standard InChI is InChI=1S/C13H20N4O2/c1-10(18)15-8-11-4-3-7-17(9-11)13-14-6-5-12(16-13)19-2/h5-6,11H,3-4,7-9H2,1-2H3,(H,15,18). The van der Waals surface area contributed by atoms with E-state index in [9.17, 15) is 4.79 Å². The van der Waals surface area contributed by atoms with Crippen molar-refractivity contribution < 1.29 is 9.53 Å². The molecule has 1 aliphatic rings. The van der Waals surface area contributed by atoms with Gasteiger partial charge in [0.2, 0.25) is 17.7 Å². The fourth-order valence-corrected chi connectivity index (χ4v) is 2.30. The van der Waals surface area contributed by atoms with E-state index in [2.05, 4.69) is 20.2 Å². The highest BCUT2D eigenvalue weighted by molar-refractivity contribution is 5.72. The molecule has 6 heteroatoms. The number of carbonyl (C=O) groups is 1. The first-order valence-corrected chi connectivity index (χ1v) is 6.55. The largest absolute Gasteiger partial charge is 0.481 e. The number of nitrogens with zero attached hydrogens (tertiary/aromatic N) is 3. The molecular formula is C13H20N4O2. The van der Waals surface area contributed by atoms with Gasteiger partial charge < -0.3 is 15.0 Å². The number of methoxy groups -OCH3 is 1.